The number of aryl methyl sites for hydroxylation is 1. The first-order valence-corrected chi connectivity index (χ1v) is 8.07. The van der Waals surface area contributed by atoms with Gasteiger partial charge in [0, 0.05) is 35.8 Å². The summed E-state index contributed by atoms with van der Waals surface area (Å²) in [6, 6.07) is 6.54. The summed E-state index contributed by atoms with van der Waals surface area (Å²) in [7, 11) is 2.10. The van der Waals surface area contributed by atoms with Gasteiger partial charge in [-0.25, -0.2) is 0 Å². The lowest BCUT2D eigenvalue weighted by Crippen LogP contribution is -2.51. The van der Waals surface area contributed by atoms with Gasteiger partial charge in [-0.2, -0.15) is 0 Å². The van der Waals surface area contributed by atoms with Crippen molar-refractivity contribution in [3.8, 4) is 0 Å². The van der Waals surface area contributed by atoms with E-state index in [9.17, 15) is 4.79 Å². The Balaban J connectivity index is 1.93. The van der Waals surface area contributed by atoms with Gasteiger partial charge in [0.25, 0.3) is 5.91 Å². The number of piperazine rings is 1. The molecule has 112 valence electrons. The fourth-order valence-electron chi connectivity index (χ4n) is 2.76. The first-order chi connectivity index (χ1) is 9.97. The molecule has 2 heterocycles. The van der Waals surface area contributed by atoms with Crippen molar-refractivity contribution < 1.29 is 4.79 Å². The molecule has 1 aliphatic rings. The van der Waals surface area contributed by atoms with Gasteiger partial charge in [0.2, 0.25) is 0 Å². The lowest BCUT2D eigenvalue weighted by atomic mass is 10.1. The van der Waals surface area contributed by atoms with Crippen LogP contribution in [0.3, 0.4) is 0 Å². The number of amides is 1. The van der Waals surface area contributed by atoms with E-state index in [2.05, 4.69) is 31.9 Å². The maximum Gasteiger partial charge on any atom is 0.266 e. The van der Waals surface area contributed by atoms with Gasteiger partial charge in [-0.3, -0.25) is 4.79 Å². The average molecular weight is 303 g/mol. The monoisotopic (exact) mass is 303 g/mol. The minimum absolute atomic E-state index is 0.0753. The molecule has 1 atom stereocenters. The number of nitrogen functional groups attached to an aromatic ring is 1. The molecule has 1 fully saturated rings. The van der Waals surface area contributed by atoms with E-state index in [1.54, 1.807) is 0 Å². The van der Waals surface area contributed by atoms with E-state index < -0.39 is 0 Å². The first-order valence-electron chi connectivity index (χ1n) is 7.25. The van der Waals surface area contributed by atoms with Crippen molar-refractivity contribution in [1.29, 1.82) is 0 Å². The van der Waals surface area contributed by atoms with Crippen LogP contribution >= 0.6 is 11.3 Å². The van der Waals surface area contributed by atoms with Crippen molar-refractivity contribution in [2.24, 2.45) is 0 Å². The Morgan fingerprint density at radius 3 is 2.86 bits per heavy atom. The Morgan fingerprint density at radius 2 is 2.14 bits per heavy atom. The zero-order valence-corrected chi connectivity index (χ0v) is 13.5. The van der Waals surface area contributed by atoms with Crippen LogP contribution in [0.1, 0.15) is 22.2 Å². The molecule has 21 heavy (non-hydrogen) atoms. The van der Waals surface area contributed by atoms with Crippen LogP contribution in [0.5, 0.6) is 0 Å². The molecule has 1 aromatic carbocycles. The predicted octanol–water partition coefficient (Wildman–Crippen LogP) is 2.57. The Bertz CT molecular complexity index is 694. The van der Waals surface area contributed by atoms with Crippen LogP contribution in [0.15, 0.2) is 18.2 Å². The van der Waals surface area contributed by atoms with Crippen molar-refractivity contribution in [3.63, 3.8) is 0 Å². The summed E-state index contributed by atoms with van der Waals surface area (Å²) in [5, 5.41) is 0.996. The molecule has 1 amide bonds. The number of fused-ring (bicyclic) bond motifs is 1. The largest absolute Gasteiger partial charge is 0.397 e. The molecule has 4 nitrogen and oxygen atoms in total. The van der Waals surface area contributed by atoms with E-state index in [1.807, 2.05) is 17.0 Å². The Morgan fingerprint density at radius 1 is 1.38 bits per heavy atom. The molecule has 2 N–H and O–H groups in total. The lowest BCUT2D eigenvalue weighted by molar-refractivity contribution is 0.0578. The SMILES string of the molecule is Cc1ccc2c(N)c(C(=O)N3CCN(C)C(C)C3)sc2c1. The molecule has 2 aromatic rings. The highest BCUT2D eigenvalue weighted by Crippen LogP contribution is 2.35. The average Bonchev–Trinajstić information content (AvgIpc) is 2.77. The summed E-state index contributed by atoms with van der Waals surface area (Å²) in [5.74, 6) is 0.0753. The predicted molar refractivity (Wildman–Crippen MR) is 89.0 cm³/mol. The second-order valence-corrected chi connectivity index (χ2v) is 6.98. The standard InChI is InChI=1S/C16H21N3OS/c1-10-4-5-12-13(8-10)21-15(14(12)17)16(20)19-7-6-18(3)11(2)9-19/h4-5,8,11H,6-7,9,17H2,1-3H3. The minimum atomic E-state index is 0.0753. The minimum Gasteiger partial charge on any atom is -0.397 e. The highest BCUT2D eigenvalue weighted by molar-refractivity contribution is 7.21. The normalized spacial score (nSPS) is 20.1. The number of hydrogen-bond acceptors (Lipinski definition) is 4. The number of likely N-dealkylation sites (N-methyl/N-ethyl adjacent to an activating group) is 1. The topological polar surface area (TPSA) is 49.6 Å². The van der Waals surface area contributed by atoms with Crippen molar-refractivity contribution >= 4 is 33.0 Å². The fraction of sp³-hybridized carbons (Fsp3) is 0.438. The van der Waals surface area contributed by atoms with Crippen molar-refractivity contribution in [3.05, 3.63) is 28.6 Å². The quantitative estimate of drug-likeness (QED) is 0.881. The molecule has 0 spiro atoms. The van der Waals surface area contributed by atoms with Gasteiger partial charge in [0.15, 0.2) is 0 Å². The van der Waals surface area contributed by atoms with Gasteiger partial charge in [-0.15, -0.1) is 11.3 Å². The van der Waals surface area contributed by atoms with Crippen LogP contribution in [0.4, 0.5) is 5.69 Å². The van der Waals surface area contributed by atoms with Gasteiger partial charge >= 0.3 is 0 Å². The Labute approximate surface area is 129 Å². The summed E-state index contributed by atoms with van der Waals surface area (Å²) in [5.41, 5.74) is 8.03. The van der Waals surface area contributed by atoms with Crippen LogP contribution < -0.4 is 5.73 Å². The number of benzene rings is 1. The third-order valence-corrected chi connectivity index (χ3v) is 5.48. The highest BCUT2D eigenvalue weighted by Gasteiger charge is 2.27. The number of anilines is 1. The summed E-state index contributed by atoms with van der Waals surface area (Å²) in [4.78, 5) is 17.7. The van der Waals surface area contributed by atoms with Gasteiger partial charge in [-0.1, -0.05) is 12.1 Å². The number of carbonyl (C=O) groups is 1. The first kappa shape index (κ1) is 14.4. The second kappa shape index (κ2) is 5.31. The Kier molecular flexibility index (Phi) is 3.63. The fourth-order valence-corrected chi connectivity index (χ4v) is 3.95. The maximum atomic E-state index is 12.8. The summed E-state index contributed by atoms with van der Waals surface area (Å²) < 4.78 is 1.10. The number of hydrogen-bond donors (Lipinski definition) is 1. The third-order valence-electron chi connectivity index (χ3n) is 4.33. The molecular weight excluding hydrogens is 282 g/mol. The molecule has 3 rings (SSSR count). The Hall–Kier alpha value is -1.59. The molecule has 1 unspecified atom stereocenters. The lowest BCUT2D eigenvalue weighted by Gasteiger charge is -2.37. The smallest absolute Gasteiger partial charge is 0.266 e. The number of carbonyl (C=O) groups excluding carboxylic acids is 1. The van der Waals surface area contributed by atoms with Gasteiger partial charge in [-0.05, 0) is 32.5 Å². The second-order valence-electron chi connectivity index (χ2n) is 5.93. The maximum absolute atomic E-state index is 12.8. The highest BCUT2D eigenvalue weighted by atomic mass is 32.1. The van der Waals surface area contributed by atoms with Gasteiger partial charge in [0.1, 0.15) is 4.88 Å². The number of rotatable bonds is 1. The molecule has 1 aromatic heterocycles. The molecule has 1 aliphatic heterocycles. The van der Waals surface area contributed by atoms with E-state index in [-0.39, 0.29) is 5.91 Å². The third kappa shape index (κ3) is 2.51. The van der Waals surface area contributed by atoms with E-state index in [0.29, 0.717) is 16.6 Å². The zero-order chi connectivity index (χ0) is 15.1. The molecule has 5 heteroatoms. The molecule has 0 bridgehead atoms. The molecule has 0 aliphatic carbocycles. The van der Waals surface area contributed by atoms with Gasteiger partial charge < -0.3 is 15.5 Å². The van der Waals surface area contributed by atoms with Crippen LogP contribution in [0.2, 0.25) is 0 Å². The molecule has 0 saturated carbocycles. The van der Waals surface area contributed by atoms with Crippen LogP contribution in [0, 0.1) is 6.92 Å². The molecular formula is C16H21N3OS. The van der Waals surface area contributed by atoms with E-state index in [0.717, 1.165) is 29.7 Å². The van der Waals surface area contributed by atoms with E-state index in [4.69, 9.17) is 5.73 Å². The molecule has 0 radical (unpaired) electrons. The summed E-state index contributed by atoms with van der Waals surface area (Å²) in [6.45, 7) is 6.65. The zero-order valence-electron chi connectivity index (χ0n) is 12.7. The van der Waals surface area contributed by atoms with Crippen molar-refractivity contribution in [2.75, 3.05) is 32.4 Å². The number of nitrogens with two attached hydrogens (primary N) is 1. The number of nitrogens with zero attached hydrogens (tertiary/aromatic N) is 2. The number of thiophene rings is 1. The van der Waals surface area contributed by atoms with Gasteiger partial charge in [0.05, 0.1) is 5.69 Å². The molecule has 1 saturated heterocycles. The van der Waals surface area contributed by atoms with E-state index >= 15 is 0 Å². The summed E-state index contributed by atoms with van der Waals surface area (Å²) in [6.07, 6.45) is 0. The van der Waals surface area contributed by atoms with Crippen LogP contribution in [-0.4, -0.2) is 48.4 Å². The van der Waals surface area contributed by atoms with Crippen molar-refractivity contribution in [2.45, 2.75) is 19.9 Å². The van der Waals surface area contributed by atoms with Crippen LogP contribution in [0.25, 0.3) is 10.1 Å². The summed E-state index contributed by atoms with van der Waals surface area (Å²) >= 11 is 1.51. The van der Waals surface area contributed by atoms with Crippen molar-refractivity contribution in [1.82, 2.24) is 9.80 Å². The van der Waals surface area contributed by atoms with Crippen LogP contribution in [-0.2, 0) is 0 Å². The van der Waals surface area contributed by atoms with E-state index in [1.165, 1.54) is 16.9 Å².